The Morgan fingerprint density at radius 3 is 2.81 bits per heavy atom. The number of hydrogen-bond acceptors (Lipinski definition) is 3. The number of aromatic hydroxyl groups is 1. The van der Waals surface area contributed by atoms with Gasteiger partial charge in [0, 0.05) is 12.1 Å². The highest BCUT2D eigenvalue weighted by Crippen LogP contribution is 2.28. The quantitative estimate of drug-likeness (QED) is 0.755. The number of phenolic OH excluding ortho intramolecular Hbond substituents is 1. The van der Waals surface area contributed by atoms with E-state index in [1.165, 1.54) is 0 Å². The summed E-state index contributed by atoms with van der Waals surface area (Å²) in [6.07, 6.45) is 1.66. The third kappa shape index (κ3) is 2.67. The van der Waals surface area contributed by atoms with Gasteiger partial charge in [0.1, 0.15) is 5.75 Å². The highest BCUT2D eigenvalue weighted by Gasteiger charge is 2.26. The fraction of sp³-hybridized carbons (Fsp3) is 0.500. The van der Waals surface area contributed by atoms with Gasteiger partial charge in [0.25, 0.3) is 0 Å². The summed E-state index contributed by atoms with van der Waals surface area (Å²) < 4.78 is 0. The number of aliphatic hydroxyl groups excluding tert-OH is 1. The molecule has 0 heterocycles. The van der Waals surface area contributed by atoms with Crippen molar-refractivity contribution in [1.82, 2.24) is 5.32 Å². The highest BCUT2D eigenvalue weighted by atomic mass is 35.5. The van der Waals surface area contributed by atoms with Gasteiger partial charge >= 0.3 is 0 Å². The molecule has 0 unspecified atom stereocenters. The molecule has 1 aliphatic rings. The summed E-state index contributed by atoms with van der Waals surface area (Å²) in [6, 6.07) is 5.35. The van der Waals surface area contributed by atoms with Gasteiger partial charge in [-0.25, -0.2) is 0 Å². The van der Waals surface area contributed by atoms with E-state index in [0.717, 1.165) is 24.9 Å². The maximum atomic E-state index is 9.66. The average Bonchev–Trinajstić information content (AvgIpc) is 2.21. The van der Waals surface area contributed by atoms with Crippen LogP contribution in [0.15, 0.2) is 18.2 Å². The van der Waals surface area contributed by atoms with Gasteiger partial charge in [0.05, 0.1) is 11.1 Å². The summed E-state index contributed by atoms with van der Waals surface area (Å²) >= 11 is 5.80. The Kier molecular flexibility index (Phi) is 3.69. The molecule has 3 nitrogen and oxygen atoms in total. The molecule has 88 valence electrons. The van der Waals surface area contributed by atoms with Gasteiger partial charge < -0.3 is 15.5 Å². The summed E-state index contributed by atoms with van der Waals surface area (Å²) in [5.41, 5.74) is 0.812. The minimum atomic E-state index is -0.105. The number of nitrogens with one attached hydrogen (secondary N) is 1. The van der Waals surface area contributed by atoms with E-state index in [1.54, 1.807) is 6.07 Å². The lowest BCUT2D eigenvalue weighted by atomic mass is 9.82. The van der Waals surface area contributed by atoms with Crippen LogP contribution in [0.25, 0.3) is 0 Å². The first kappa shape index (κ1) is 11.7. The monoisotopic (exact) mass is 241 g/mol. The molecule has 1 fully saturated rings. The SMILES string of the molecule is Oc1c(Cl)cccc1CNCC1CC(O)C1. The van der Waals surface area contributed by atoms with Crippen molar-refractivity contribution < 1.29 is 10.2 Å². The van der Waals surface area contributed by atoms with E-state index in [1.807, 2.05) is 12.1 Å². The van der Waals surface area contributed by atoms with Gasteiger partial charge in [-0.3, -0.25) is 0 Å². The summed E-state index contributed by atoms with van der Waals surface area (Å²) in [7, 11) is 0. The Hall–Kier alpha value is -0.770. The van der Waals surface area contributed by atoms with Crippen LogP contribution in [0.2, 0.25) is 5.02 Å². The zero-order valence-electron chi connectivity index (χ0n) is 8.99. The largest absolute Gasteiger partial charge is 0.506 e. The average molecular weight is 242 g/mol. The van der Waals surface area contributed by atoms with Crippen molar-refractivity contribution in [3.05, 3.63) is 28.8 Å². The number of para-hydroxylation sites is 1. The van der Waals surface area contributed by atoms with E-state index < -0.39 is 0 Å². The third-order valence-electron chi connectivity index (χ3n) is 3.03. The fourth-order valence-electron chi connectivity index (χ4n) is 1.98. The molecular formula is C12H16ClNO2. The lowest BCUT2D eigenvalue weighted by molar-refractivity contribution is 0.0429. The Morgan fingerprint density at radius 2 is 2.12 bits per heavy atom. The van der Waals surface area contributed by atoms with Crippen molar-refractivity contribution in [1.29, 1.82) is 0 Å². The molecule has 1 aliphatic carbocycles. The van der Waals surface area contributed by atoms with Gasteiger partial charge in [-0.1, -0.05) is 23.7 Å². The van der Waals surface area contributed by atoms with Crippen LogP contribution in [0.5, 0.6) is 5.75 Å². The van der Waals surface area contributed by atoms with Gasteiger partial charge in [-0.05, 0) is 31.4 Å². The van der Waals surface area contributed by atoms with Crippen LogP contribution >= 0.6 is 11.6 Å². The molecule has 1 saturated carbocycles. The molecule has 0 saturated heterocycles. The first-order valence-electron chi connectivity index (χ1n) is 5.52. The van der Waals surface area contributed by atoms with Crippen molar-refractivity contribution >= 4 is 11.6 Å². The van der Waals surface area contributed by atoms with Crippen LogP contribution in [0, 0.1) is 5.92 Å². The summed E-state index contributed by atoms with van der Waals surface area (Å²) in [5, 5.41) is 22.4. The van der Waals surface area contributed by atoms with Crippen molar-refractivity contribution in [3.8, 4) is 5.75 Å². The topological polar surface area (TPSA) is 52.5 Å². The van der Waals surface area contributed by atoms with Crippen LogP contribution in [0.1, 0.15) is 18.4 Å². The molecule has 0 aliphatic heterocycles. The van der Waals surface area contributed by atoms with Crippen molar-refractivity contribution in [2.45, 2.75) is 25.5 Å². The lowest BCUT2D eigenvalue weighted by Crippen LogP contribution is -2.35. The number of rotatable bonds is 4. The number of hydrogen-bond donors (Lipinski definition) is 3. The van der Waals surface area contributed by atoms with Crippen molar-refractivity contribution in [2.75, 3.05) is 6.54 Å². The molecule has 1 aromatic rings. The van der Waals surface area contributed by atoms with Crippen LogP contribution in [0.3, 0.4) is 0 Å². The molecule has 16 heavy (non-hydrogen) atoms. The zero-order chi connectivity index (χ0) is 11.5. The molecule has 0 atom stereocenters. The highest BCUT2D eigenvalue weighted by molar-refractivity contribution is 6.32. The standard InChI is InChI=1S/C12H16ClNO2/c13-11-3-1-2-9(12(11)16)7-14-6-8-4-10(15)5-8/h1-3,8,10,14-16H,4-7H2. The molecule has 0 amide bonds. The smallest absolute Gasteiger partial charge is 0.138 e. The van der Waals surface area contributed by atoms with Crippen LogP contribution in [-0.2, 0) is 6.54 Å². The maximum Gasteiger partial charge on any atom is 0.138 e. The molecule has 3 N–H and O–H groups in total. The molecule has 0 bridgehead atoms. The van der Waals surface area contributed by atoms with Crippen LogP contribution in [0.4, 0.5) is 0 Å². The second-order valence-corrected chi connectivity index (χ2v) is 4.78. The molecule has 2 rings (SSSR count). The van der Waals surface area contributed by atoms with Crippen molar-refractivity contribution in [2.24, 2.45) is 5.92 Å². The fourth-order valence-corrected chi connectivity index (χ4v) is 2.17. The third-order valence-corrected chi connectivity index (χ3v) is 3.33. The first-order chi connectivity index (χ1) is 7.66. The second-order valence-electron chi connectivity index (χ2n) is 4.37. The number of aliphatic hydroxyl groups is 1. The Bertz CT molecular complexity index is 364. The molecule has 0 radical (unpaired) electrons. The molecular weight excluding hydrogens is 226 g/mol. The Labute approximate surface area is 100 Å². The predicted molar refractivity (Wildman–Crippen MR) is 63.6 cm³/mol. The maximum absolute atomic E-state index is 9.66. The normalized spacial score (nSPS) is 24.1. The summed E-state index contributed by atoms with van der Waals surface area (Å²) in [6.45, 7) is 1.49. The van der Waals surface area contributed by atoms with Gasteiger partial charge in [0.15, 0.2) is 0 Å². The molecule has 1 aromatic carbocycles. The minimum absolute atomic E-state index is 0.105. The van der Waals surface area contributed by atoms with Crippen LogP contribution in [-0.4, -0.2) is 22.9 Å². The van der Waals surface area contributed by atoms with E-state index in [4.69, 9.17) is 16.7 Å². The first-order valence-corrected chi connectivity index (χ1v) is 5.89. The molecule has 0 aromatic heterocycles. The van der Waals surface area contributed by atoms with E-state index in [9.17, 15) is 5.11 Å². The Balaban J connectivity index is 1.79. The van der Waals surface area contributed by atoms with E-state index in [0.29, 0.717) is 17.5 Å². The van der Waals surface area contributed by atoms with Crippen molar-refractivity contribution in [3.63, 3.8) is 0 Å². The second kappa shape index (κ2) is 5.04. The van der Waals surface area contributed by atoms with E-state index >= 15 is 0 Å². The summed E-state index contributed by atoms with van der Waals surface area (Å²) in [5.74, 6) is 0.724. The van der Waals surface area contributed by atoms with Crippen LogP contribution < -0.4 is 5.32 Å². The van der Waals surface area contributed by atoms with Gasteiger partial charge in [0.2, 0.25) is 0 Å². The van der Waals surface area contributed by atoms with Gasteiger partial charge in [-0.15, -0.1) is 0 Å². The van der Waals surface area contributed by atoms with E-state index in [2.05, 4.69) is 5.32 Å². The Morgan fingerprint density at radius 1 is 1.38 bits per heavy atom. The lowest BCUT2D eigenvalue weighted by Gasteiger charge is -2.31. The minimum Gasteiger partial charge on any atom is -0.506 e. The van der Waals surface area contributed by atoms with Gasteiger partial charge in [-0.2, -0.15) is 0 Å². The molecule has 0 spiro atoms. The predicted octanol–water partition coefficient (Wildman–Crippen LogP) is 1.91. The zero-order valence-corrected chi connectivity index (χ0v) is 9.74. The number of halogens is 1. The number of benzene rings is 1. The summed E-state index contributed by atoms with van der Waals surface area (Å²) in [4.78, 5) is 0. The van der Waals surface area contributed by atoms with E-state index in [-0.39, 0.29) is 11.9 Å². The molecule has 4 heteroatoms. The number of phenols is 1.